The van der Waals surface area contributed by atoms with Gasteiger partial charge >= 0.3 is 0 Å². The molecule has 2 aromatic rings. The Balaban J connectivity index is 2.43. The zero-order valence-corrected chi connectivity index (χ0v) is 9.64. The molecule has 82 valence electrons. The molecule has 0 aliphatic carbocycles. The van der Waals surface area contributed by atoms with Crippen molar-refractivity contribution in [3.63, 3.8) is 0 Å². The summed E-state index contributed by atoms with van der Waals surface area (Å²) in [5, 5.41) is 7.61. The van der Waals surface area contributed by atoms with Crippen molar-refractivity contribution in [2.75, 3.05) is 0 Å². The van der Waals surface area contributed by atoms with Crippen LogP contribution in [0.4, 0.5) is 0 Å². The lowest BCUT2D eigenvalue weighted by Crippen LogP contribution is -2.16. The smallest absolute Gasteiger partial charge is 0.267 e. The molecule has 0 aliphatic rings. The zero-order valence-electron chi connectivity index (χ0n) is 8.07. The van der Waals surface area contributed by atoms with Crippen LogP contribution in [0.1, 0.15) is 5.56 Å². The predicted octanol–water partition coefficient (Wildman–Crippen LogP) is 1.81. The molecular formula is C10H7ClN2O2S. The van der Waals surface area contributed by atoms with E-state index in [0.29, 0.717) is 11.3 Å². The first-order valence-electron chi connectivity index (χ1n) is 4.47. The van der Waals surface area contributed by atoms with Gasteiger partial charge in [-0.05, 0) is 29.1 Å². The van der Waals surface area contributed by atoms with E-state index in [-0.39, 0.29) is 12.0 Å². The lowest BCUT2D eigenvalue weighted by Gasteiger charge is -1.99. The Morgan fingerprint density at radius 3 is 3.00 bits per heavy atom. The minimum Gasteiger partial charge on any atom is -0.281 e. The first-order valence-corrected chi connectivity index (χ1v) is 5.73. The molecule has 0 amide bonds. The number of nitrogens with one attached hydrogen (secondary N) is 1. The van der Waals surface area contributed by atoms with E-state index in [4.69, 9.17) is 11.6 Å². The van der Waals surface area contributed by atoms with Gasteiger partial charge in [0.2, 0.25) is 5.24 Å². The van der Waals surface area contributed by atoms with E-state index < -0.39 is 5.24 Å². The second-order valence-corrected chi connectivity index (χ2v) is 4.49. The molecule has 2 rings (SSSR count). The molecule has 0 fully saturated rings. The highest BCUT2D eigenvalue weighted by Gasteiger charge is 2.08. The van der Waals surface area contributed by atoms with E-state index in [1.807, 2.05) is 17.5 Å². The summed E-state index contributed by atoms with van der Waals surface area (Å²) < 4.78 is 0. The van der Waals surface area contributed by atoms with Crippen LogP contribution in [0.3, 0.4) is 0 Å². The molecule has 0 unspecified atom stereocenters. The van der Waals surface area contributed by atoms with Gasteiger partial charge in [0, 0.05) is 5.56 Å². The van der Waals surface area contributed by atoms with Crippen LogP contribution in [-0.4, -0.2) is 15.4 Å². The molecule has 0 saturated carbocycles. The summed E-state index contributed by atoms with van der Waals surface area (Å²) in [6.07, 6.45) is -0.0855. The van der Waals surface area contributed by atoms with Crippen molar-refractivity contribution in [2.24, 2.45) is 0 Å². The van der Waals surface area contributed by atoms with Crippen molar-refractivity contribution in [1.29, 1.82) is 0 Å². The summed E-state index contributed by atoms with van der Waals surface area (Å²) in [6.45, 7) is 0. The monoisotopic (exact) mass is 254 g/mol. The second kappa shape index (κ2) is 4.59. The number of hydrogen-bond acceptors (Lipinski definition) is 4. The van der Waals surface area contributed by atoms with E-state index in [1.165, 1.54) is 11.3 Å². The third-order valence-electron chi connectivity index (χ3n) is 1.98. The van der Waals surface area contributed by atoms with Crippen molar-refractivity contribution in [1.82, 2.24) is 10.2 Å². The van der Waals surface area contributed by atoms with Crippen molar-refractivity contribution in [2.45, 2.75) is 6.42 Å². The molecule has 2 aromatic heterocycles. The maximum absolute atomic E-state index is 11.4. The molecule has 0 aliphatic heterocycles. The minimum absolute atomic E-state index is 0.0855. The number of hydrogen-bond donors (Lipinski definition) is 1. The molecular weight excluding hydrogens is 248 g/mol. The van der Waals surface area contributed by atoms with Gasteiger partial charge in [0.15, 0.2) is 0 Å². The number of carbonyl (C=O) groups is 1. The van der Waals surface area contributed by atoms with Crippen LogP contribution >= 0.6 is 22.9 Å². The molecule has 1 N–H and O–H groups in total. The molecule has 16 heavy (non-hydrogen) atoms. The molecule has 0 bridgehead atoms. The van der Waals surface area contributed by atoms with E-state index in [9.17, 15) is 9.59 Å². The number of aromatic nitrogens is 2. The van der Waals surface area contributed by atoms with E-state index in [0.717, 1.165) is 4.88 Å². The zero-order chi connectivity index (χ0) is 11.5. The summed E-state index contributed by atoms with van der Waals surface area (Å²) in [4.78, 5) is 23.0. The molecule has 4 nitrogen and oxygen atoms in total. The Hall–Kier alpha value is -1.46. The summed E-state index contributed by atoms with van der Waals surface area (Å²) in [5.74, 6) is 0. The van der Waals surface area contributed by atoms with Crippen LogP contribution in [-0.2, 0) is 11.2 Å². The Labute approximate surface area is 99.9 Å². The highest BCUT2D eigenvalue weighted by Crippen LogP contribution is 2.21. The molecule has 0 spiro atoms. The van der Waals surface area contributed by atoms with Crippen LogP contribution in [0.2, 0.25) is 0 Å². The standard InChI is InChI=1S/C10H7ClN2O2S/c11-9(14)5-6-4-7(12-13-10(6)15)8-2-1-3-16-8/h1-4H,5H2,(H,13,15). The molecule has 0 saturated heterocycles. The highest BCUT2D eigenvalue weighted by molar-refractivity contribution is 7.13. The van der Waals surface area contributed by atoms with Gasteiger partial charge in [-0.2, -0.15) is 5.10 Å². The number of H-pyrrole nitrogens is 1. The van der Waals surface area contributed by atoms with E-state index >= 15 is 0 Å². The van der Waals surface area contributed by atoms with Crippen molar-refractivity contribution in [3.8, 4) is 10.6 Å². The third-order valence-corrected chi connectivity index (χ3v) is 3.01. The van der Waals surface area contributed by atoms with Gasteiger partial charge < -0.3 is 0 Å². The summed E-state index contributed by atoms with van der Waals surface area (Å²) in [6, 6.07) is 5.36. The lowest BCUT2D eigenvalue weighted by molar-refractivity contribution is -0.111. The average molecular weight is 255 g/mol. The molecule has 0 aromatic carbocycles. The highest BCUT2D eigenvalue weighted by atomic mass is 35.5. The number of thiophene rings is 1. The molecule has 2 heterocycles. The largest absolute Gasteiger partial charge is 0.281 e. The number of carbonyl (C=O) groups excluding carboxylic acids is 1. The van der Waals surface area contributed by atoms with Gasteiger partial charge in [0.25, 0.3) is 5.56 Å². The first-order chi connectivity index (χ1) is 7.66. The minimum atomic E-state index is -0.561. The predicted molar refractivity (Wildman–Crippen MR) is 62.7 cm³/mol. The normalized spacial score (nSPS) is 10.3. The number of aromatic amines is 1. The SMILES string of the molecule is O=C(Cl)Cc1cc(-c2cccs2)n[nH]c1=O. The summed E-state index contributed by atoms with van der Waals surface area (Å²) in [5.41, 5.74) is 0.593. The number of nitrogens with zero attached hydrogens (tertiary/aromatic N) is 1. The fourth-order valence-electron chi connectivity index (χ4n) is 1.28. The number of rotatable bonds is 3. The van der Waals surface area contributed by atoms with Crippen molar-refractivity contribution < 1.29 is 4.79 Å². The van der Waals surface area contributed by atoms with Gasteiger partial charge in [-0.15, -0.1) is 11.3 Å². The molecule has 0 radical (unpaired) electrons. The van der Waals surface area contributed by atoms with Gasteiger partial charge in [-0.3, -0.25) is 9.59 Å². The maximum atomic E-state index is 11.4. The van der Waals surface area contributed by atoms with Crippen LogP contribution in [0, 0.1) is 0 Å². The van der Waals surface area contributed by atoms with Gasteiger partial charge in [-0.25, -0.2) is 5.10 Å². The first kappa shape index (κ1) is 11.0. The van der Waals surface area contributed by atoms with Gasteiger partial charge in [0.1, 0.15) is 5.69 Å². The average Bonchev–Trinajstić information content (AvgIpc) is 2.73. The van der Waals surface area contributed by atoms with Crippen molar-refractivity contribution >= 4 is 28.2 Å². The third kappa shape index (κ3) is 2.37. The van der Waals surface area contributed by atoms with E-state index in [2.05, 4.69) is 10.2 Å². The Morgan fingerprint density at radius 1 is 1.56 bits per heavy atom. The fraction of sp³-hybridized carbons (Fsp3) is 0.100. The van der Waals surface area contributed by atoms with Crippen LogP contribution in [0.25, 0.3) is 10.6 Å². The van der Waals surface area contributed by atoms with E-state index in [1.54, 1.807) is 6.07 Å². The Kier molecular flexibility index (Phi) is 3.17. The Bertz CT molecular complexity index is 562. The van der Waals surface area contributed by atoms with Crippen molar-refractivity contribution in [3.05, 3.63) is 39.5 Å². The molecule has 0 atom stereocenters. The summed E-state index contributed by atoms with van der Waals surface area (Å²) >= 11 is 6.76. The quantitative estimate of drug-likeness (QED) is 0.850. The molecule has 6 heteroatoms. The van der Waals surface area contributed by atoms with Crippen LogP contribution < -0.4 is 5.56 Å². The second-order valence-electron chi connectivity index (χ2n) is 3.12. The fourth-order valence-corrected chi connectivity index (χ4v) is 2.11. The van der Waals surface area contributed by atoms with Crippen LogP contribution in [0.5, 0.6) is 0 Å². The lowest BCUT2D eigenvalue weighted by atomic mass is 10.2. The Morgan fingerprint density at radius 2 is 2.38 bits per heavy atom. The number of halogens is 1. The van der Waals surface area contributed by atoms with Gasteiger partial charge in [0.05, 0.1) is 11.3 Å². The van der Waals surface area contributed by atoms with Crippen LogP contribution in [0.15, 0.2) is 28.4 Å². The van der Waals surface area contributed by atoms with Gasteiger partial charge in [-0.1, -0.05) is 6.07 Å². The summed E-state index contributed by atoms with van der Waals surface area (Å²) in [7, 11) is 0. The topological polar surface area (TPSA) is 62.8 Å². The maximum Gasteiger partial charge on any atom is 0.267 e.